The van der Waals surface area contributed by atoms with Crippen molar-refractivity contribution in [3.8, 4) is 11.5 Å². The molecule has 3 nitrogen and oxygen atoms in total. The largest absolute Gasteiger partial charge is 0.457 e. The summed E-state index contributed by atoms with van der Waals surface area (Å²) in [4.78, 5) is 6.96. The number of benzene rings is 2. The second-order valence-corrected chi connectivity index (χ2v) is 7.02. The maximum atomic E-state index is 6.31. The number of ether oxygens (including phenoxy) is 1. The van der Waals surface area contributed by atoms with Gasteiger partial charge in [-0.15, -0.1) is 0 Å². The summed E-state index contributed by atoms with van der Waals surface area (Å²) < 4.78 is 6.31. The summed E-state index contributed by atoms with van der Waals surface area (Å²) >= 11 is 0. The molecule has 1 aliphatic rings. The Morgan fingerprint density at radius 3 is 1.62 bits per heavy atom. The Bertz CT molecular complexity index is 988. The monoisotopic (exact) mass is 340 g/mol. The van der Waals surface area contributed by atoms with Crippen LogP contribution in [0.2, 0.25) is 0 Å². The van der Waals surface area contributed by atoms with Gasteiger partial charge in [0.2, 0.25) is 0 Å². The molecule has 0 fully saturated rings. The SMILES string of the molecule is Cc1ccc2c(c1)C(c1ccc[nH]1)(c1ccc[nH]1)c1cc(C)ccc1O2. The number of H-pyrrole nitrogens is 2. The molecule has 2 aromatic carbocycles. The zero-order valence-electron chi connectivity index (χ0n) is 14.8. The van der Waals surface area contributed by atoms with Crippen molar-refractivity contribution < 1.29 is 4.74 Å². The van der Waals surface area contributed by atoms with Gasteiger partial charge < -0.3 is 14.7 Å². The lowest BCUT2D eigenvalue weighted by Gasteiger charge is -2.40. The Balaban J connectivity index is 1.98. The molecule has 0 spiro atoms. The van der Waals surface area contributed by atoms with E-state index in [2.05, 4.69) is 84.5 Å². The average Bonchev–Trinajstić information content (AvgIpc) is 3.34. The van der Waals surface area contributed by atoms with Gasteiger partial charge in [-0.3, -0.25) is 0 Å². The van der Waals surface area contributed by atoms with E-state index < -0.39 is 5.41 Å². The van der Waals surface area contributed by atoms with Gasteiger partial charge in [-0.05, 0) is 50.2 Å². The van der Waals surface area contributed by atoms with Crippen LogP contribution in [0.3, 0.4) is 0 Å². The maximum absolute atomic E-state index is 6.31. The Kier molecular flexibility index (Phi) is 3.13. The first-order valence-electron chi connectivity index (χ1n) is 8.87. The third kappa shape index (κ3) is 1.94. The zero-order valence-corrected chi connectivity index (χ0v) is 14.8. The summed E-state index contributed by atoms with van der Waals surface area (Å²) in [5.74, 6) is 1.80. The summed E-state index contributed by atoms with van der Waals surface area (Å²) in [5, 5.41) is 0. The van der Waals surface area contributed by atoms with Gasteiger partial charge in [0.05, 0.1) is 0 Å². The lowest BCUT2D eigenvalue weighted by atomic mass is 9.67. The Morgan fingerprint density at radius 1 is 0.692 bits per heavy atom. The van der Waals surface area contributed by atoms with Crippen LogP contribution in [0.4, 0.5) is 0 Å². The second-order valence-electron chi connectivity index (χ2n) is 7.02. The molecule has 0 radical (unpaired) electrons. The highest BCUT2D eigenvalue weighted by molar-refractivity contribution is 5.68. The number of hydrogen-bond donors (Lipinski definition) is 2. The first-order chi connectivity index (χ1) is 12.7. The molecule has 3 heteroatoms. The molecule has 3 heterocycles. The highest BCUT2D eigenvalue weighted by Crippen LogP contribution is 2.54. The molecule has 0 unspecified atom stereocenters. The molecule has 0 amide bonds. The second kappa shape index (κ2) is 5.40. The van der Waals surface area contributed by atoms with E-state index in [4.69, 9.17) is 4.74 Å². The molecule has 0 bridgehead atoms. The van der Waals surface area contributed by atoms with Crippen molar-refractivity contribution in [2.24, 2.45) is 0 Å². The van der Waals surface area contributed by atoms with Crippen LogP contribution in [0.15, 0.2) is 73.1 Å². The molecule has 0 atom stereocenters. The lowest BCUT2D eigenvalue weighted by Crippen LogP contribution is -2.35. The first kappa shape index (κ1) is 15.1. The number of nitrogens with one attached hydrogen (secondary N) is 2. The molecular weight excluding hydrogens is 320 g/mol. The van der Waals surface area contributed by atoms with Crippen LogP contribution < -0.4 is 4.74 Å². The van der Waals surface area contributed by atoms with E-state index in [-0.39, 0.29) is 0 Å². The van der Waals surface area contributed by atoms with Crippen LogP contribution in [-0.4, -0.2) is 9.97 Å². The van der Waals surface area contributed by atoms with E-state index in [9.17, 15) is 0 Å². The quantitative estimate of drug-likeness (QED) is 0.441. The van der Waals surface area contributed by atoms with Crippen LogP contribution in [-0.2, 0) is 5.41 Å². The summed E-state index contributed by atoms with van der Waals surface area (Å²) in [6.45, 7) is 4.25. The predicted octanol–water partition coefficient (Wildman–Crippen LogP) is 5.45. The van der Waals surface area contributed by atoms with Gasteiger partial charge in [-0.2, -0.15) is 0 Å². The van der Waals surface area contributed by atoms with E-state index in [1.165, 1.54) is 11.1 Å². The fraction of sp³-hybridized carbons (Fsp3) is 0.130. The summed E-state index contributed by atoms with van der Waals surface area (Å²) in [5.41, 5.74) is 6.52. The lowest BCUT2D eigenvalue weighted by molar-refractivity contribution is 0.430. The number of aromatic nitrogens is 2. The van der Waals surface area contributed by atoms with Gasteiger partial charge in [-0.1, -0.05) is 35.4 Å². The van der Waals surface area contributed by atoms with E-state index in [1.54, 1.807) is 0 Å². The van der Waals surface area contributed by atoms with E-state index in [0.717, 1.165) is 34.0 Å². The summed E-state index contributed by atoms with van der Waals surface area (Å²) in [7, 11) is 0. The normalized spacial score (nSPS) is 14.4. The molecule has 2 aromatic heterocycles. The van der Waals surface area contributed by atoms with Crippen molar-refractivity contribution in [1.82, 2.24) is 9.97 Å². The van der Waals surface area contributed by atoms with Crippen LogP contribution in [0.25, 0.3) is 0 Å². The number of aromatic amines is 2. The van der Waals surface area contributed by atoms with E-state index in [1.807, 2.05) is 12.4 Å². The molecule has 0 aliphatic carbocycles. The number of rotatable bonds is 2. The molecule has 0 saturated heterocycles. The highest BCUT2D eigenvalue weighted by atomic mass is 16.5. The Hall–Kier alpha value is -3.20. The van der Waals surface area contributed by atoms with Crippen LogP contribution in [0.1, 0.15) is 33.6 Å². The van der Waals surface area contributed by atoms with E-state index >= 15 is 0 Å². The maximum Gasteiger partial charge on any atom is 0.132 e. The first-order valence-corrected chi connectivity index (χ1v) is 8.87. The number of aryl methyl sites for hydroxylation is 2. The van der Waals surface area contributed by atoms with Crippen molar-refractivity contribution >= 4 is 0 Å². The minimum Gasteiger partial charge on any atom is -0.457 e. The molecule has 4 aromatic rings. The summed E-state index contributed by atoms with van der Waals surface area (Å²) in [6, 6.07) is 21.3. The van der Waals surface area contributed by atoms with Gasteiger partial charge >= 0.3 is 0 Å². The van der Waals surface area contributed by atoms with Crippen molar-refractivity contribution in [2.45, 2.75) is 19.3 Å². The van der Waals surface area contributed by atoms with Gasteiger partial charge in [0, 0.05) is 34.9 Å². The molecule has 2 N–H and O–H groups in total. The van der Waals surface area contributed by atoms with Crippen LogP contribution in [0.5, 0.6) is 11.5 Å². The van der Waals surface area contributed by atoms with Gasteiger partial charge in [-0.25, -0.2) is 0 Å². The fourth-order valence-electron chi connectivity index (χ4n) is 4.17. The molecule has 1 aliphatic heterocycles. The van der Waals surface area contributed by atoms with Crippen molar-refractivity contribution in [2.75, 3.05) is 0 Å². The smallest absolute Gasteiger partial charge is 0.132 e. The number of fused-ring (bicyclic) bond motifs is 2. The molecule has 5 rings (SSSR count). The van der Waals surface area contributed by atoms with Gasteiger partial charge in [0.15, 0.2) is 0 Å². The third-order valence-electron chi connectivity index (χ3n) is 5.30. The van der Waals surface area contributed by atoms with Crippen LogP contribution in [0, 0.1) is 13.8 Å². The van der Waals surface area contributed by atoms with Crippen molar-refractivity contribution in [1.29, 1.82) is 0 Å². The molecular formula is C23H20N2O. The molecule has 128 valence electrons. The molecule has 0 saturated carbocycles. The van der Waals surface area contributed by atoms with Crippen molar-refractivity contribution in [3.63, 3.8) is 0 Å². The Labute approximate surface area is 152 Å². The predicted molar refractivity (Wildman–Crippen MR) is 103 cm³/mol. The minimum atomic E-state index is -0.464. The highest BCUT2D eigenvalue weighted by Gasteiger charge is 2.47. The standard InChI is InChI=1S/C23H20N2O/c1-15-7-9-19-17(13-15)23(21-5-3-11-24-21,22-6-4-12-25-22)18-14-16(2)8-10-20(18)26-19/h3-14,24-25H,1-2H3. The third-order valence-corrected chi connectivity index (χ3v) is 5.30. The number of hydrogen-bond acceptors (Lipinski definition) is 1. The van der Waals surface area contributed by atoms with Crippen molar-refractivity contribution in [3.05, 3.63) is 107 Å². The zero-order chi connectivity index (χ0) is 17.7. The Morgan fingerprint density at radius 2 is 1.19 bits per heavy atom. The molecule has 26 heavy (non-hydrogen) atoms. The average molecular weight is 340 g/mol. The van der Waals surface area contributed by atoms with E-state index in [0.29, 0.717) is 0 Å². The van der Waals surface area contributed by atoms with Gasteiger partial charge in [0.1, 0.15) is 16.9 Å². The minimum absolute atomic E-state index is 0.464. The fourth-order valence-corrected chi connectivity index (χ4v) is 4.17. The van der Waals surface area contributed by atoms with Crippen LogP contribution >= 0.6 is 0 Å². The summed E-state index contributed by atoms with van der Waals surface area (Å²) in [6.07, 6.45) is 3.97. The van der Waals surface area contributed by atoms with Gasteiger partial charge in [0.25, 0.3) is 0 Å². The topological polar surface area (TPSA) is 40.8 Å².